The van der Waals surface area contributed by atoms with Crippen LogP contribution in [0.25, 0.3) is 0 Å². The molecule has 2 aromatic rings. The summed E-state index contributed by atoms with van der Waals surface area (Å²) in [5.74, 6) is -0.223. The summed E-state index contributed by atoms with van der Waals surface area (Å²) in [5.41, 5.74) is 1.96. The van der Waals surface area contributed by atoms with Crippen LogP contribution in [-0.2, 0) is 18.3 Å². The van der Waals surface area contributed by atoms with E-state index >= 15 is 0 Å². The zero-order chi connectivity index (χ0) is 14.8. The van der Waals surface area contributed by atoms with Gasteiger partial charge in [-0.25, -0.2) is 4.39 Å². The molecule has 0 radical (unpaired) electrons. The summed E-state index contributed by atoms with van der Waals surface area (Å²) in [6, 6.07) is 6.53. The molecule has 0 spiro atoms. The van der Waals surface area contributed by atoms with Crippen LogP contribution in [0.3, 0.4) is 0 Å². The Kier molecular flexibility index (Phi) is 3.98. The predicted molar refractivity (Wildman–Crippen MR) is 76.0 cm³/mol. The lowest BCUT2D eigenvalue weighted by atomic mass is 10.1. The molecule has 1 aliphatic heterocycles. The van der Waals surface area contributed by atoms with E-state index in [2.05, 4.69) is 22.0 Å². The van der Waals surface area contributed by atoms with Crippen molar-refractivity contribution in [3.8, 4) is 0 Å². The van der Waals surface area contributed by atoms with Crippen LogP contribution in [0.1, 0.15) is 24.3 Å². The molecule has 0 aliphatic carbocycles. The smallest absolute Gasteiger partial charge is 0.123 e. The number of ether oxygens (including phenoxy) is 1. The van der Waals surface area contributed by atoms with E-state index < -0.39 is 0 Å². The second-order valence-corrected chi connectivity index (χ2v) is 5.51. The van der Waals surface area contributed by atoms with Crippen molar-refractivity contribution in [2.75, 3.05) is 13.1 Å². The molecule has 1 aromatic carbocycles. The van der Waals surface area contributed by atoms with Gasteiger partial charge in [0.1, 0.15) is 5.82 Å². The summed E-state index contributed by atoms with van der Waals surface area (Å²) in [6.45, 7) is 4.43. The molecule has 0 amide bonds. The second-order valence-electron chi connectivity index (χ2n) is 5.51. The Labute approximate surface area is 123 Å². The Hall–Kier alpha value is -1.79. The minimum absolute atomic E-state index is 0.0361. The molecule has 1 aromatic heterocycles. The van der Waals surface area contributed by atoms with Crippen LogP contribution >= 0.6 is 0 Å². The quantitative estimate of drug-likeness (QED) is 0.866. The van der Waals surface area contributed by atoms with Crippen molar-refractivity contribution in [1.82, 2.24) is 19.9 Å². The van der Waals surface area contributed by atoms with Crippen LogP contribution in [0.5, 0.6) is 0 Å². The molecule has 2 unspecified atom stereocenters. The zero-order valence-electron chi connectivity index (χ0n) is 12.2. The first kappa shape index (κ1) is 14.2. The number of hydrogen-bond acceptors (Lipinski definition) is 4. The summed E-state index contributed by atoms with van der Waals surface area (Å²) in [4.78, 5) is 3.86. The maximum Gasteiger partial charge on any atom is 0.123 e. The van der Waals surface area contributed by atoms with Crippen LogP contribution in [0.2, 0.25) is 0 Å². The Morgan fingerprint density at radius 3 is 2.71 bits per heavy atom. The summed E-state index contributed by atoms with van der Waals surface area (Å²) >= 11 is 0. The Morgan fingerprint density at radius 1 is 1.29 bits per heavy atom. The molecule has 1 saturated heterocycles. The normalized spacial score (nSPS) is 23.4. The van der Waals surface area contributed by atoms with Crippen LogP contribution in [-0.4, -0.2) is 39.1 Å². The predicted octanol–water partition coefficient (Wildman–Crippen LogP) is 1.92. The van der Waals surface area contributed by atoms with Gasteiger partial charge < -0.3 is 4.74 Å². The Bertz CT molecular complexity index is 598. The first-order chi connectivity index (χ1) is 10.1. The average Bonchev–Trinajstić information content (AvgIpc) is 2.84. The lowest BCUT2D eigenvalue weighted by Crippen LogP contribution is -2.42. The minimum atomic E-state index is -0.223. The zero-order valence-corrected chi connectivity index (χ0v) is 12.2. The van der Waals surface area contributed by atoms with E-state index in [4.69, 9.17) is 4.74 Å². The van der Waals surface area contributed by atoms with Gasteiger partial charge in [0.05, 0.1) is 24.1 Å². The minimum Gasteiger partial charge on any atom is -0.368 e. The number of benzene rings is 1. The molecular weight excluding hydrogens is 271 g/mol. The van der Waals surface area contributed by atoms with E-state index in [0.29, 0.717) is 0 Å². The summed E-state index contributed by atoms with van der Waals surface area (Å²) in [7, 11) is 1.81. The number of halogens is 1. The van der Waals surface area contributed by atoms with Gasteiger partial charge in [-0.15, -0.1) is 0 Å². The van der Waals surface area contributed by atoms with E-state index in [1.54, 1.807) is 23.1 Å². The number of hydrogen-bond donors (Lipinski definition) is 0. The second kappa shape index (κ2) is 5.91. The standard InChI is InChI=1S/C15H19FN4O/c1-11-8-20(9-14-7-17-19(2)18-14)10-15(21-11)12-3-5-13(16)6-4-12/h3-7,11,15H,8-10H2,1-2H3. The van der Waals surface area contributed by atoms with Crippen LogP contribution in [0.4, 0.5) is 4.39 Å². The number of morpholine rings is 1. The molecule has 2 heterocycles. The van der Waals surface area contributed by atoms with Crippen molar-refractivity contribution in [3.63, 3.8) is 0 Å². The van der Waals surface area contributed by atoms with E-state index in [1.807, 2.05) is 7.05 Å². The van der Waals surface area contributed by atoms with E-state index in [-0.39, 0.29) is 18.0 Å². The van der Waals surface area contributed by atoms with Gasteiger partial charge in [-0.1, -0.05) is 12.1 Å². The third-order valence-corrected chi connectivity index (χ3v) is 3.61. The molecule has 2 atom stereocenters. The Balaban J connectivity index is 1.70. The van der Waals surface area contributed by atoms with Gasteiger partial charge in [-0.2, -0.15) is 15.0 Å². The molecule has 6 heteroatoms. The van der Waals surface area contributed by atoms with Crippen molar-refractivity contribution in [2.45, 2.75) is 25.7 Å². The average molecular weight is 290 g/mol. The fraction of sp³-hybridized carbons (Fsp3) is 0.467. The number of nitrogens with zero attached hydrogens (tertiary/aromatic N) is 4. The highest BCUT2D eigenvalue weighted by atomic mass is 19.1. The third-order valence-electron chi connectivity index (χ3n) is 3.61. The molecule has 1 aliphatic rings. The van der Waals surface area contributed by atoms with Gasteiger partial charge >= 0.3 is 0 Å². The van der Waals surface area contributed by atoms with E-state index in [1.165, 1.54) is 12.1 Å². The number of rotatable bonds is 3. The lowest BCUT2D eigenvalue weighted by molar-refractivity contribution is -0.0817. The SMILES string of the molecule is CC1CN(Cc2cnn(C)n2)CC(c2ccc(F)cc2)O1. The lowest BCUT2D eigenvalue weighted by Gasteiger charge is -2.36. The molecule has 1 fully saturated rings. The topological polar surface area (TPSA) is 43.2 Å². The highest BCUT2D eigenvalue weighted by Crippen LogP contribution is 2.26. The third kappa shape index (κ3) is 3.46. The molecule has 112 valence electrons. The highest BCUT2D eigenvalue weighted by molar-refractivity contribution is 5.19. The van der Waals surface area contributed by atoms with Gasteiger partial charge in [0, 0.05) is 26.7 Å². The first-order valence-electron chi connectivity index (χ1n) is 7.08. The molecule has 21 heavy (non-hydrogen) atoms. The van der Waals surface area contributed by atoms with Gasteiger partial charge in [-0.05, 0) is 24.6 Å². The van der Waals surface area contributed by atoms with Gasteiger partial charge in [0.15, 0.2) is 0 Å². The van der Waals surface area contributed by atoms with Gasteiger partial charge in [-0.3, -0.25) is 4.90 Å². The van der Waals surface area contributed by atoms with Crippen molar-refractivity contribution in [3.05, 3.63) is 47.5 Å². The number of aromatic nitrogens is 3. The molecule has 5 nitrogen and oxygen atoms in total. The summed E-state index contributed by atoms with van der Waals surface area (Å²) in [6.07, 6.45) is 1.88. The first-order valence-corrected chi connectivity index (χ1v) is 7.08. The Morgan fingerprint density at radius 2 is 2.05 bits per heavy atom. The van der Waals surface area contributed by atoms with Crippen LogP contribution in [0.15, 0.2) is 30.5 Å². The fourth-order valence-corrected chi connectivity index (χ4v) is 2.72. The van der Waals surface area contributed by atoms with Crippen LogP contribution in [0, 0.1) is 5.82 Å². The molecule has 3 rings (SSSR count). The van der Waals surface area contributed by atoms with E-state index in [0.717, 1.165) is 30.9 Å². The summed E-state index contributed by atoms with van der Waals surface area (Å²) in [5, 5.41) is 8.41. The van der Waals surface area contributed by atoms with Gasteiger partial charge in [0.25, 0.3) is 0 Å². The largest absolute Gasteiger partial charge is 0.368 e. The maximum atomic E-state index is 13.0. The molecule has 0 saturated carbocycles. The maximum absolute atomic E-state index is 13.0. The van der Waals surface area contributed by atoms with Crippen molar-refractivity contribution < 1.29 is 9.13 Å². The van der Waals surface area contributed by atoms with Crippen molar-refractivity contribution in [2.24, 2.45) is 7.05 Å². The monoisotopic (exact) mass is 290 g/mol. The van der Waals surface area contributed by atoms with Crippen LogP contribution < -0.4 is 0 Å². The van der Waals surface area contributed by atoms with Crippen molar-refractivity contribution >= 4 is 0 Å². The summed E-state index contributed by atoms with van der Waals surface area (Å²) < 4.78 is 19.0. The number of aryl methyl sites for hydroxylation is 1. The van der Waals surface area contributed by atoms with Gasteiger partial charge in [0.2, 0.25) is 0 Å². The molecular formula is C15H19FN4O. The molecule has 0 N–H and O–H groups in total. The van der Waals surface area contributed by atoms with Crippen molar-refractivity contribution in [1.29, 1.82) is 0 Å². The van der Waals surface area contributed by atoms with E-state index in [9.17, 15) is 4.39 Å². The molecule has 0 bridgehead atoms. The highest BCUT2D eigenvalue weighted by Gasteiger charge is 2.26. The fourth-order valence-electron chi connectivity index (χ4n) is 2.72.